The number of hydrogen-bond acceptors (Lipinski definition) is 5. The van der Waals surface area contributed by atoms with Gasteiger partial charge in [-0.25, -0.2) is 0 Å². The molecule has 0 aromatic rings. The van der Waals surface area contributed by atoms with E-state index in [1.54, 1.807) is 0 Å². The fourth-order valence-electron chi connectivity index (χ4n) is 0.451. The molecule has 0 aliphatic rings. The first-order valence-corrected chi connectivity index (χ1v) is 3.78. The summed E-state index contributed by atoms with van der Waals surface area (Å²) in [5.41, 5.74) is 0. The van der Waals surface area contributed by atoms with Gasteiger partial charge in [-0.2, -0.15) is 0 Å². The SMILES string of the molecule is O=CO.OCCOCCOCCO. The number of rotatable bonds is 7. The average Bonchev–Trinajstić information content (AvgIpc) is 2.13. The van der Waals surface area contributed by atoms with E-state index in [0.29, 0.717) is 26.4 Å². The Hall–Kier alpha value is -0.690. The molecule has 0 aliphatic heterocycles. The van der Waals surface area contributed by atoms with E-state index in [9.17, 15) is 0 Å². The minimum absolute atomic E-state index is 0.0417. The molecular formula is C7H16O6. The molecule has 0 spiro atoms. The second kappa shape index (κ2) is 17.4. The van der Waals surface area contributed by atoms with Crippen LogP contribution < -0.4 is 0 Å². The molecule has 6 heteroatoms. The predicted molar refractivity (Wildman–Crippen MR) is 44.5 cm³/mol. The van der Waals surface area contributed by atoms with Gasteiger partial charge in [-0.05, 0) is 0 Å². The van der Waals surface area contributed by atoms with Crippen molar-refractivity contribution in [1.82, 2.24) is 0 Å². The maximum Gasteiger partial charge on any atom is 0.290 e. The maximum atomic E-state index is 8.36. The van der Waals surface area contributed by atoms with E-state index in [0.717, 1.165) is 0 Å². The lowest BCUT2D eigenvalue weighted by Gasteiger charge is -2.01. The molecule has 0 bridgehead atoms. The Morgan fingerprint density at radius 1 is 0.923 bits per heavy atom. The monoisotopic (exact) mass is 196 g/mol. The van der Waals surface area contributed by atoms with Crippen LogP contribution in [0.3, 0.4) is 0 Å². The van der Waals surface area contributed by atoms with Crippen molar-refractivity contribution in [3.63, 3.8) is 0 Å². The number of hydrogen-bond donors (Lipinski definition) is 3. The lowest BCUT2D eigenvalue weighted by atomic mass is 10.7. The molecule has 3 N–H and O–H groups in total. The van der Waals surface area contributed by atoms with Crippen molar-refractivity contribution in [3.8, 4) is 0 Å². The van der Waals surface area contributed by atoms with Gasteiger partial charge < -0.3 is 24.8 Å². The maximum absolute atomic E-state index is 8.36. The summed E-state index contributed by atoms with van der Waals surface area (Å²) in [4.78, 5) is 8.36. The average molecular weight is 196 g/mol. The van der Waals surface area contributed by atoms with Crippen molar-refractivity contribution in [3.05, 3.63) is 0 Å². The number of aliphatic hydroxyl groups excluding tert-OH is 2. The van der Waals surface area contributed by atoms with Crippen LogP contribution in [-0.4, -0.2) is 61.4 Å². The Labute approximate surface area is 76.7 Å². The van der Waals surface area contributed by atoms with Gasteiger partial charge in [-0.1, -0.05) is 0 Å². The van der Waals surface area contributed by atoms with Gasteiger partial charge in [0.25, 0.3) is 6.47 Å². The summed E-state index contributed by atoms with van der Waals surface area (Å²) >= 11 is 0. The number of ether oxygens (including phenoxy) is 2. The van der Waals surface area contributed by atoms with Crippen LogP contribution in [0.25, 0.3) is 0 Å². The van der Waals surface area contributed by atoms with Gasteiger partial charge in [0.1, 0.15) is 0 Å². The second-order valence-corrected chi connectivity index (χ2v) is 1.78. The zero-order chi connectivity index (χ0) is 10.4. The van der Waals surface area contributed by atoms with Crippen LogP contribution in [0, 0.1) is 0 Å². The van der Waals surface area contributed by atoms with Gasteiger partial charge in [0.15, 0.2) is 0 Å². The molecular weight excluding hydrogens is 180 g/mol. The van der Waals surface area contributed by atoms with E-state index < -0.39 is 0 Å². The molecule has 6 nitrogen and oxygen atoms in total. The van der Waals surface area contributed by atoms with Crippen molar-refractivity contribution in [1.29, 1.82) is 0 Å². The van der Waals surface area contributed by atoms with Gasteiger partial charge in [-0.3, -0.25) is 4.79 Å². The summed E-state index contributed by atoms with van der Waals surface area (Å²) in [6.07, 6.45) is 0. The van der Waals surface area contributed by atoms with Crippen molar-refractivity contribution in [2.75, 3.05) is 39.6 Å². The lowest BCUT2D eigenvalue weighted by molar-refractivity contribution is -0.122. The Morgan fingerprint density at radius 3 is 1.46 bits per heavy atom. The van der Waals surface area contributed by atoms with Crippen molar-refractivity contribution in [2.45, 2.75) is 0 Å². The molecule has 0 radical (unpaired) electrons. The van der Waals surface area contributed by atoms with Gasteiger partial charge in [0.05, 0.1) is 39.6 Å². The van der Waals surface area contributed by atoms with E-state index in [4.69, 9.17) is 29.6 Å². The zero-order valence-electron chi connectivity index (χ0n) is 7.39. The number of carbonyl (C=O) groups is 1. The third-order valence-electron chi connectivity index (χ3n) is 0.843. The molecule has 0 saturated carbocycles. The highest BCUT2D eigenvalue weighted by Gasteiger charge is 1.86. The molecule has 0 atom stereocenters. The summed E-state index contributed by atoms with van der Waals surface area (Å²) in [5, 5.41) is 23.4. The first-order chi connectivity index (χ1) is 6.33. The normalized spacial score (nSPS) is 8.77. The minimum atomic E-state index is -0.250. The molecule has 0 unspecified atom stereocenters. The van der Waals surface area contributed by atoms with Gasteiger partial charge in [0.2, 0.25) is 0 Å². The first kappa shape index (κ1) is 14.8. The molecule has 0 aromatic carbocycles. The van der Waals surface area contributed by atoms with Crippen LogP contribution >= 0.6 is 0 Å². The van der Waals surface area contributed by atoms with Crippen LogP contribution in [0.2, 0.25) is 0 Å². The molecule has 80 valence electrons. The van der Waals surface area contributed by atoms with Crippen LogP contribution in [0.4, 0.5) is 0 Å². The predicted octanol–water partition coefficient (Wildman–Crippen LogP) is -1.29. The van der Waals surface area contributed by atoms with E-state index in [-0.39, 0.29) is 19.7 Å². The topological polar surface area (TPSA) is 96.2 Å². The van der Waals surface area contributed by atoms with Gasteiger partial charge in [0, 0.05) is 0 Å². The molecule has 0 amide bonds. The molecule has 0 aromatic heterocycles. The summed E-state index contributed by atoms with van der Waals surface area (Å²) in [6.45, 7) is 1.48. The summed E-state index contributed by atoms with van der Waals surface area (Å²) in [5.74, 6) is 0. The fourth-order valence-corrected chi connectivity index (χ4v) is 0.451. The molecule has 0 saturated heterocycles. The minimum Gasteiger partial charge on any atom is -0.483 e. The number of carboxylic acid groups (broad SMARTS) is 1. The third kappa shape index (κ3) is 24.6. The Kier molecular flexibility index (Phi) is 19.8. The van der Waals surface area contributed by atoms with Crippen molar-refractivity contribution in [2.24, 2.45) is 0 Å². The lowest BCUT2D eigenvalue weighted by Crippen LogP contribution is -2.09. The summed E-state index contributed by atoms with van der Waals surface area (Å²) < 4.78 is 9.75. The Morgan fingerprint density at radius 2 is 1.23 bits per heavy atom. The van der Waals surface area contributed by atoms with Gasteiger partial charge >= 0.3 is 0 Å². The number of aliphatic hydroxyl groups is 2. The van der Waals surface area contributed by atoms with Crippen molar-refractivity contribution < 1.29 is 29.6 Å². The largest absolute Gasteiger partial charge is 0.483 e. The van der Waals surface area contributed by atoms with E-state index in [2.05, 4.69) is 0 Å². The molecule has 0 rings (SSSR count). The van der Waals surface area contributed by atoms with E-state index in [1.807, 2.05) is 0 Å². The first-order valence-electron chi connectivity index (χ1n) is 3.78. The van der Waals surface area contributed by atoms with Gasteiger partial charge in [-0.15, -0.1) is 0 Å². The highest BCUT2D eigenvalue weighted by atomic mass is 16.5. The van der Waals surface area contributed by atoms with Crippen LogP contribution in [0.5, 0.6) is 0 Å². The summed E-state index contributed by atoms with van der Waals surface area (Å²) in [7, 11) is 0. The molecule has 0 heterocycles. The second-order valence-electron chi connectivity index (χ2n) is 1.78. The van der Waals surface area contributed by atoms with Crippen LogP contribution in [0.15, 0.2) is 0 Å². The highest BCUT2D eigenvalue weighted by Crippen LogP contribution is 1.76. The Balaban J connectivity index is 0. The van der Waals surface area contributed by atoms with E-state index >= 15 is 0 Å². The zero-order valence-corrected chi connectivity index (χ0v) is 7.39. The third-order valence-corrected chi connectivity index (χ3v) is 0.843. The highest BCUT2D eigenvalue weighted by molar-refractivity contribution is 5.32. The standard InChI is InChI=1S/C6H14O4.CH2O2/c7-1-3-9-5-6-10-4-2-8;2-1-3/h7-8H,1-6H2;1H,(H,2,3). The Bertz CT molecular complexity index is 79.1. The molecule has 0 aliphatic carbocycles. The van der Waals surface area contributed by atoms with Crippen LogP contribution in [0.1, 0.15) is 0 Å². The van der Waals surface area contributed by atoms with Crippen LogP contribution in [-0.2, 0) is 14.3 Å². The smallest absolute Gasteiger partial charge is 0.290 e. The quantitative estimate of drug-likeness (QED) is 0.346. The molecule has 13 heavy (non-hydrogen) atoms. The van der Waals surface area contributed by atoms with Crippen molar-refractivity contribution >= 4 is 6.47 Å². The fraction of sp³-hybridized carbons (Fsp3) is 0.857. The van der Waals surface area contributed by atoms with E-state index in [1.165, 1.54) is 0 Å². The molecule has 0 fully saturated rings. The summed E-state index contributed by atoms with van der Waals surface area (Å²) in [6, 6.07) is 0.